The molecule has 0 radical (unpaired) electrons. The normalized spacial score (nSPS) is 13.0. The van der Waals surface area contributed by atoms with E-state index in [1.54, 1.807) is 25.9 Å². The van der Waals surface area contributed by atoms with Gasteiger partial charge in [0, 0.05) is 38.6 Å². The molecule has 0 aliphatic heterocycles. The molecule has 1 N–H and O–H groups in total. The summed E-state index contributed by atoms with van der Waals surface area (Å²) >= 11 is 1.52. The van der Waals surface area contributed by atoms with Gasteiger partial charge in [-0.3, -0.25) is 9.69 Å². The molecule has 0 fully saturated rings. The number of hydrogen-bond donors (Lipinski definition) is 1. The molecule has 0 aromatic carbocycles. The average Bonchev–Trinajstić information content (AvgIpc) is 2.74. The number of aliphatic hydroxyl groups excluding tert-OH is 1. The maximum absolute atomic E-state index is 11.6. The number of aromatic nitrogens is 1. The maximum atomic E-state index is 11.6. The van der Waals surface area contributed by atoms with E-state index in [1.165, 1.54) is 11.3 Å². The Morgan fingerprint density at radius 3 is 2.55 bits per heavy atom. The van der Waals surface area contributed by atoms with Crippen molar-refractivity contribution >= 4 is 17.2 Å². The van der Waals surface area contributed by atoms with Gasteiger partial charge in [0.2, 0.25) is 5.91 Å². The van der Waals surface area contributed by atoms with Crippen LogP contribution in [0.4, 0.5) is 0 Å². The highest BCUT2D eigenvalue weighted by Crippen LogP contribution is 2.14. The topological polar surface area (TPSA) is 56.7 Å². The number of amides is 1. The van der Waals surface area contributed by atoms with Crippen LogP contribution < -0.4 is 0 Å². The first-order valence-electron chi connectivity index (χ1n) is 6.85. The number of thiazole rings is 1. The second-order valence-electron chi connectivity index (χ2n) is 5.57. The maximum Gasteiger partial charge on any atom is 0.228 e. The standard InChI is InChI=1S/C14H25N3O2S/c1-10(2)17(7-11(3)18)8-12-9-20-13(15-12)6-14(19)16(4)5/h9-11,18H,6-8H2,1-5H3. The van der Waals surface area contributed by atoms with Crippen LogP contribution in [0, 0.1) is 0 Å². The van der Waals surface area contributed by atoms with E-state index in [9.17, 15) is 9.90 Å². The van der Waals surface area contributed by atoms with E-state index in [1.807, 2.05) is 5.38 Å². The first kappa shape index (κ1) is 17.1. The third-order valence-corrected chi connectivity index (χ3v) is 3.89. The van der Waals surface area contributed by atoms with Crippen LogP contribution in [0.25, 0.3) is 0 Å². The van der Waals surface area contributed by atoms with Gasteiger partial charge in [-0.1, -0.05) is 0 Å². The van der Waals surface area contributed by atoms with Gasteiger partial charge < -0.3 is 10.0 Å². The van der Waals surface area contributed by atoms with E-state index < -0.39 is 0 Å². The highest BCUT2D eigenvalue weighted by atomic mass is 32.1. The summed E-state index contributed by atoms with van der Waals surface area (Å²) < 4.78 is 0. The lowest BCUT2D eigenvalue weighted by molar-refractivity contribution is -0.127. The highest BCUT2D eigenvalue weighted by Gasteiger charge is 2.15. The third-order valence-electron chi connectivity index (χ3n) is 2.99. The summed E-state index contributed by atoms with van der Waals surface area (Å²) in [5.41, 5.74) is 0.964. The Morgan fingerprint density at radius 1 is 1.40 bits per heavy atom. The Hall–Kier alpha value is -0.980. The molecule has 1 aromatic rings. The second-order valence-corrected chi connectivity index (χ2v) is 6.51. The summed E-state index contributed by atoms with van der Waals surface area (Å²) in [6, 6.07) is 0.346. The summed E-state index contributed by atoms with van der Waals surface area (Å²) in [5, 5.41) is 12.4. The Kier molecular flexibility index (Phi) is 6.58. The van der Waals surface area contributed by atoms with Crippen molar-refractivity contribution in [3.8, 4) is 0 Å². The van der Waals surface area contributed by atoms with Gasteiger partial charge in [-0.2, -0.15) is 0 Å². The van der Waals surface area contributed by atoms with E-state index in [0.29, 0.717) is 25.6 Å². The van der Waals surface area contributed by atoms with Crippen molar-refractivity contribution < 1.29 is 9.90 Å². The Morgan fingerprint density at radius 2 is 2.05 bits per heavy atom. The molecule has 5 nitrogen and oxygen atoms in total. The molecule has 0 saturated carbocycles. The zero-order valence-electron chi connectivity index (χ0n) is 13.0. The Bertz CT molecular complexity index is 430. The molecule has 114 valence electrons. The van der Waals surface area contributed by atoms with E-state index in [0.717, 1.165) is 10.7 Å². The van der Waals surface area contributed by atoms with Crippen LogP contribution in [0.15, 0.2) is 5.38 Å². The van der Waals surface area contributed by atoms with Crippen LogP contribution >= 0.6 is 11.3 Å². The number of nitrogens with zero attached hydrogens (tertiary/aromatic N) is 3. The van der Waals surface area contributed by atoms with Gasteiger partial charge in [0.15, 0.2) is 0 Å². The van der Waals surface area contributed by atoms with Gasteiger partial charge in [0.05, 0.1) is 18.2 Å². The second kappa shape index (κ2) is 7.71. The predicted molar refractivity (Wildman–Crippen MR) is 81.7 cm³/mol. The molecule has 0 bridgehead atoms. The van der Waals surface area contributed by atoms with Crippen LogP contribution in [-0.4, -0.2) is 58.6 Å². The number of likely N-dealkylation sites (N-methyl/N-ethyl adjacent to an activating group) is 1. The molecule has 20 heavy (non-hydrogen) atoms. The van der Waals surface area contributed by atoms with Crippen molar-refractivity contribution in [1.82, 2.24) is 14.8 Å². The van der Waals surface area contributed by atoms with Crippen molar-refractivity contribution in [2.75, 3.05) is 20.6 Å². The quantitative estimate of drug-likeness (QED) is 0.826. The SMILES string of the molecule is CC(O)CN(Cc1csc(CC(=O)N(C)C)n1)C(C)C. The fourth-order valence-electron chi connectivity index (χ4n) is 1.80. The molecule has 1 heterocycles. The number of carbonyl (C=O) groups is 1. The smallest absolute Gasteiger partial charge is 0.228 e. The van der Waals surface area contributed by atoms with Crippen LogP contribution in [0.3, 0.4) is 0 Å². The molecule has 1 amide bonds. The van der Waals surface area contributed by atoms with Crippen molar-refractivity contribution in [3.05, 3.63) is 16.1 Å². The third kappa shape index (κ3) is 5.56. The molecule has 0 spiro atoms. The largest absolute Gasteiger partial charge is 0.392 e. The lowest BCUT2D eigenvalue weighted by atomic mass is 10.2. The highest BCUT2D eigenvalue weighted by molar-refractivity contribution is 7.09. The summed E-state index contributed by atoms with van der Waals surface area (Å²) in [7, 11) is 3.50. The molecular formula is C14H25N3O2S. The molecule has 0 saturated heterocycles. The zero-order valence-corrected chi connectivity index (χ0v) is 13.8. The van der Waals surface area contributed by atoms with Gasteiger partial charge >= 0.3 is 0 Å². The first-order chi connectivity index (χ1) is 9.29. The lowest BCUT2D eigenvalue weighted by Crippen LogP contribution is -2.36. The van der Waals surface area contributed by atoms with Gasteiger partial charge in [0.1, 0.15) is 5.01 Å². The number of carbonyl (C=O) groups excluding carboxylic acids is 1. The Labute approximate surface area is 125 Å². The summed E-state index contributed by atoms with van der Waals surface area (Å²) in [4.78, 5) is 19.9. The van der Waals surface area contributed by atoms with E-state index >= 15 is 0 Å². The van der Waals surface area contributed by atoms with Crippen molar-refractivity contribution in [2.45, 2.75) is 45.9 Å². The van der Waals surface area contributed by atoms with Gasteiger partial charge in [-0.05, 0) is 20.8 Å². The van der Waals surface area contributed by atoms with E-state index in [-0.39, 0.29) is 12.0 Å². The number of aliphatic hydroxyl groups is 1. The van der Waals surface area contributed by atoms with Crippen molar-refractivity contribution in [3.63, 3.8) is 0 Å². The monoisotopic (exact) mass is 299 g/mol. The molecular weight excluding hydrogens is 274 g/mol. The molecule has 1 atom stereocenters. The van der Waals surface area contributed by atoms with Crippen LogP contribution in [0.2, 0.25) is 0 Å². The minimum absolute atomic E-state index is 0.0654. The van der Waals surface area contributed by atoms with Crippen LogP contribution in [-0.2, 0) is 17.8 Å². The molecule has 1 aromatic heterocycles. The molecule has 1 rings (SSSR count). The van der Waals surface area contributed by atoms with E-state index in [2.05, 4.69) is 23.7 Å². The fourth-order valence-corrected chi connectivity index (χ4v) is 2.57. The van der Waals surface area contributed by atoms with Crippen LogP contribution in [0.1, 0.15) is 31.5 Å². The van der Waals surface area contributed by atoms with Crippen LogP contribution in [0.5, 0.6) is 0 Å². The van der Waals surface area contributed by atoms with Gasteiger partial charge in [0.25, 0.3) is 0 Å². The van der Waals surface area contributed by atoms with Gasteiger partial charge in [-0.25, -0.2) is 4.98 Å². The summed E-state index contributed by atoms with van der Waals surface area (Å²) in [5.74, 6) is 0.0654. The molecule has 6 heteroatoms. The zero-order chi connectivity index (χ0) is 15.3. The summed E-state index contributed by atoms with van der Waals surface area (Å²) in [6.45, 7) is 7.32. The average molecular weight is 299 g/mol. The first-order valence-corrected chi connectivity index (χ1v) is 7.73. The minimum Gasteiger partial charge on any atom is -0.392 e. The van der Waals surface area contributed by atoms with Crippen molar-refractivity contribution in [2.24, 2.45) is 0 Å². The minimum atomic E-state index is -0.356. The number of rotatable bonds is 7. The molecule has 0 aliphatic rings. The summed E-state index contributed by atoms with van der Waals surface area (Å²) in [6.07, 6.45) is 0.00118. The lowest BCUT2D eigenvalue weighted by Gasteiger charge is -2.26. The fraction of sp³-hybridized carbons (Fsp3) is 0.714. The number of hydrogen-bond acceptors (Lipinski definition) is 5. The predicted octanol–water partition coefficient (Wildman–Crippen LogP) is 1.36. The van der Waals surface area contributed by atoms with Crippen molar-refractivity contribution in [1.29, 1.82) is 0 Å². The van der Waals surface area contributed by atoms with E-state index in [4.69, 9.17) is 0 Å². The molecule has 0 aliphatic carbocycles. The van der Waals surface area contributed by atoms with Gasteiger partial charge in [-0.15, -0.1) is 11.3 Å². The molecule has 1 unspecified atom stereocenters. The Balaban J connectivity index is 2.64.